The first kappa shape index (κ1) is 13.2. The fraction of sp³-hybridized carbons (Fsp3) is 0.600. The van der Waals surface area contributed by atoms with Gasteiger partial charge in [-0.25, -0.2) is 0 Å². The molecule has 0 spiro atoms. The molecule has 90 valence electrons. The Hall–Kier alpha value is -0.820. The number of unbranched alkanes of at least 4 members (excludes halogenated alkanes) is 1. The maximum atomic E-state index is 3.42. The second-order valence-electron chi connectivity index (χ2n) is 4.48. The highest BCUT2D eigenvalue weighted by atomic mass is 14.9. The number of rotatable bonds is 7. The van der Waals surface area contributed by atoms with Gasteiger partial charge in [-0.15, -0.1) is 0 Å². The minimum atomic E-state index is 0.525. The highest BCUT2D eigenvalue weighted by molar-refractivity contribution is 5.26. The average molecular weight is 219 g/mol. The molecular formula is C15H25N. The van der Waals surface area contributed by atoms with Crippen LogP contribution in [-0.4, -0.2) is 7.05 Å². The van der Waals surface area contributed by atoms with E-state index in [1.165, 1.54) is 43.2 Å². The van der Waals surface area contributed by atoms with Gasteiger partial charge in [0.2, 0.25) is 0 Å². The molecule has 1 N–H and O–H groups in total. The summed E-state index contributed by atoms with van der Waals surface area (Å²) in [5.74, 6) is 0. The van der Waals surface area contributed by atoms with Gasteiger partial charge in [-0.3, -0.25) is 0 Å². The van der Waals surface area contributed by atoms with E-state index >= 15 is 0 Å². The van der Waals surface area contributed by atoms with Crippen molar-refractivity contribution in [3.05, 3.63) is 35.4 Å². The first-order chi connectivity index (χ1) is 7.81. The number of hydrogen-bond acceptors (Lipinski definition) is 1. The molecule has 0 amide bonds. The molecule has 0 saturated heterocycles. The van der Waals surface area contributed by atoms with Crippen LogP contribution in [0.2, 0.25) is 0 Å². The summed E-state index contributed by atoms with van der Waals surface area (Å²) in [5, 5.41) is 3.42. The molecule has 0 fully saturated rings. The average Bonchev–Trinajstić information content (AvgIpc) is 2.31. The highest BCUT2D eigenvalue weighted by Gasteiger charge is 2.08. The second kappa shape index (κ2) is 7.45. The van der Waals surface area contributed by atoms with Crippen LogP contribution < -0.4 is 5.32 Å². The third kappa shape index (κ3) is 3.97. The van der Waals surface area contributed by atoms with Crippen LogP contribution in [0.4, 0.5) is 0 Å². The monoisotopic (exact) mass is 219 g/mol. The Kier molecular flexibility index (Phi) is 6.17. The summed E-state index contributed by atoms with van der Waals surface area (Å²) >= 11 is 0. The van der Waals surface area contributed by atoms with Crippen LogP contribution in [0.5, 0.6) is 0 Å². The van der Waals surface area contributed by atoms with Gasteiger partial charge < -0.3 is 5.32 Å². The lowest BCUT2D eigenvalue weighted by Crippen LogP contribution is -2.16. The fourth-order valence-electron chi connectivity index (χ4n) is 2.14. The van der Waals surface area contributed by atoms with E-state index in [4.69, 9.17) is 0 Å². The van der Waals surface area contributed by atoms with Crippen molar-refractivity contribution in [1.29, 1.82) is 0 Å². The smallest absolute Gasteiger partial charge is 0.0317 e. The van der Waals surface area contributed by atoms with Gasteiger partial charge in [-0.1, -0.05) is 57.4 Å². The van der Waals surface area contributed by atoms with E-state index in [1.54, 1.807) is 0 Å². The first-order valence-corrected chi connectivity index (χ1v) is 6.57. The molecule has 0 aliphatic heterocycles. The van der Waals surface area contributed by atoms with E-state index in [-0.39, 0.29) is 0 Å². The summed E-state index contributed by atoms with van der Waals surface area (Å²) in [5.41, 5.74) is 2.92. The molecule has 0 heterocycles. The molecule has 0 saturated carbocycles. The van der Waals surface area contributed by atoms with E-state index in [0.717, 1.165) is 0 Å². The maximum Gasteiger partial charge on any atom is 0.0317 e. The number of nitrogens with one attached hydrogen (secondary N) is 1. The number of aryl methyl sites for hydroxylation is 1. The van der Waals surface area contributed by atoms with Crippen LogP contribution in [0.25, 0.3) is 0 Å². The van der Waals surface area contributed by atoms with Crippen LogP contribution >= 0.6 is 0 Å². The van der Waals surface area contributed by atoms with Gasteiger partial charge >= 0.3 is 0 Å². The highest BCUT2D eigenvalue weighted by Crippen LogP contribution is 2.20. The van der Waals surface area contributed by atoms with Crippen molar-refractivity contribution < 1.29 is 0 Å². The molecule has 1 rings (SSSR count). The molecule has 1 unspecified atom stereocenters. The lowest BCUT2D eigenvalue weighted by Gasteiger charge is -2.17. The zero-order valence-electron chi connectivity index (χ0n) is 10.9. The normalized spacial score (nSPS) is 12.7. The Balaban J connectivity index is 2.71. The molecule has 0 aromatic heterocycles. The van der Waals surface area contributed by atoms with Crippen molar-refractivity contribution >= 4 is 0 Å². The SMILES string of the molecule is CCCCC(NC)c1cccc(CCC)c1. The fourth-order valence-corrected chi connectivity index (χ4v) is 2.14. The molecule has 0 aliphatic rings. The summed E-state index contributed by atoms with van der Waals surface area (Å²) in [4.78, 5) is 0. The van der Waals surface area contributed by atoms with Gasteiger partial charge in [-0.05, 0) is 31.0 Å². The van der Waals surface area contributed by atoms with Gasteiger partial charge in [0.05, 0.1) is 0 Å². The molecular weight excluding hydrogens is 194 g/mol. The van der Waals surface area contributed by atoms with Crippen LogP contribution in [-0.2, 0) is 6.42 Å². The Morgan fingerprint density at radius 1 is 1.19 bits per heavy atom. The van der Waals surface area contributed by atoms with Crippen molar-refractivity contribution in [2.75, 3.05) is 7.05 Å². The summed E-state index contributed by atoms with van der Waals surface area (Å²) < 4.78 is 0. The van der Waals surface area contributed by atoms with Crippen molar-refractivity contribution in [3.8, 4) is 0 Å². The summed E-state index contributed by atoms with van der Waals surface area (Å²) in [6.07, 6.45) is 6.22. The summed E-state index contributed by atoms with van der Waals surface area (Å²) in [6, 6.07) is 9.56. The molecule has 0 radical (unpaired) electrons. The van der Waals surface area contributed by atoms with E-state index in [2.05, 4.69) is 50.5 Å². The van der Waals surface area contributed by atoms with Crippen LogP contribution in [0.15, 0.2) is 24.3 Å². The molecule has 1 aromatic rings. The third-order valence-electron chi connectivity index (χ3n) is 3.09. The molecule has 1 atom stereocenters. The lowest BCUT2D eigenvalue weighted by atomic mass is 9.98. The molecule has 1 heteroatoms. The van der Waals surface area contributed by atoms with Crippen LogP contribution in [0.3, 0.4) is 0 Å². The van der Waals surface area contributed by atoms with E-state index in [9.17, 15) is 0 Å². The molecule has 16 heavy (non-hydrogen) atoms. The van der Waals surface area contributed by atoms with E-state index in [1.807, 2.05) is 0 Å². The van der Waals surface area contributed by atoms with Gasteiger partial charge in [0, 0.05) is 6.04 Å². The third-order valence-corrected chi connectivity index (χ3v) is 3.09. The van der Waals surface area contributed by atoms with Gasteiger partial charge in [0.15, 0.2) is 0 Å². The minimum absolute atomic E-state index is 0.525. The minimum Gasteiger partial charge on any atom is -0.313 e. The quantitative estimate of drug-likeness (QED) is 0.728. The van der Waals surface area contributed by atoms with Crippen molar-refractivity contribution in [2.24, 2.45) is 0 Å². The van der Waals surface area contributed by atoms with Gasteiger partial charge in [0.25, 0.3) is 0 Å². The van der Waals surface area contributed by atoms with Crippen LogP contribution in [0.1, 0.15) is 56.7 Å². The number of benzene rings is 1. The van der Waals surface area contributed by atoms with Crippen molar-refractivity contribution in [3.63, 3.8) is 0 Å². The van der Waals surface area contributed by atoms with Crippen molar-refractivity contribution in [1.82, 2.24) is 5.32 Å². The predicted molar refractivity (Wildman–Crippen MR) is 71.8 cm³/mol. The molecule has 0 aliphatic carbocycles. The zero-order valence-corrected chi connectivity index (χ0v) is 10.9. The molecule has 1 nitrogen and oxygen atoms in total. The Bertz CT molecular complexity index is 293. The first-order valence-electron chi connectivity index (χ1n) is 6.57. The van der Waals surface area contributed by atoms with Crippen LogP contribution in [0, 0.1) is 0 Å². The number of hydrogen-bond donors (Lipinski definition) is 1. The lowest BCUT2D eigenvalue weighted by molar-refractivity contribution is 0.522. The second-order valence-corrected chi connectivity index (χ2v) is 4.48. The summed E-state index contributed by atoms with van der Waals surface area (Å²) in [7, 11) is 2.06. The Labute approximate surface area is 100 Å². The molecule has 1 aromatic carbocycles. The zero-order chi connectivity index (χ0) is 11.8. The standard InChI is InChI=1S/C15H25N/c1-4-6-11-15(16-3)14-10-7-9-13(12-14)8-5-2/h7,9-10,12,15-16H,4-6,8,11H2,1-3H3. The van der Waals surface area contributed by atoms with E-state index < -0.39 is 0 Å². The van der Waals surface area contributed by atoms with Crippen molar-refractivity contribution in [2.45, 2.75) is 52.0 Å². The largest absolute Gasteiger partial charge is 0.313 e. The van der Waals surface area contributed by atoms with E-state index in [0.29, 0.717) is 6.04 Å². The topological polar surface area (TPSA) is 12.0 Å². The Morgan fingerprint density at radius 3 is 2.62 bits per heavy atom. The summed E-state index contributed by atoms with van der Waals surface area (Å²) in [6.45, 7) is 4.49. The Morgan fingerprint density at radius 2 is 2.00 bits per heavy atom. The van der Waals surface area contributed by atoms with Gasteiger partial charge in [0.1, 0.15) is 0 Å². The molecule has 0 bridgehead atoms. The van der Waals surface area contributed by atoms with Gasteiger partial charge in [-0.2, -0.15) is 0 Å². The predicted octanol–water partition coefficient (Wildman–Crippen LogP) is 4.09. The maximum absolute atomic E-state index is 3.42.